The molecule has 0 bridgehead atoms. The molecule has 0 aliphatic rings. The van der Waals surface area contributed by atoms with Crippen molar-refractivity contribution in [3.05, 3.63) is 18.2 Å². The SMILES string of the molecule is CCCCCCCCCCCCCCCCCC(=O)OCC(COP(=O)(O)OCC[NH2+]Cc1cnc[nH]1)OC(=O)CCCCCCCCCCCCCCCCC. The fraction of sp³-hybridized carbons (Fsp3) is 0.889. The van der Waals surface area contributed by atoms with Gasteiger partial charge in [-0.15, -0.1) is 0 Å². The van der Waals surface area contributed by atoms with Crippen LogP contribution >= 0.6 is 7.82 Å². The van der Waals surface area contributed by atoms with E-state index in [0.717, 1.165) is 37.8 Å². The summed E-state index contributed by atoms with van der Waals surface area (Å²) in [6.45, 7) is 4.92. The van der Waals surface area contributed by atoms with Gasteiger partial charge in [-0.2, -0.15) is 0 Å². The number of phosphoric acid groups is 1. The molecular weight excluding hydrogens is 741 g/mol. The van der Waals surface area contributed by atoms with E-state index in [1.54, 1.807) is 12.5 Å². The molecule has 4 N–H and O–H groups in total. The Morgan fingerprint density at radius 1 is 0.632 bits per heavy atom. The first kappa shape index (κ1) is 53.2. The van der Waals surface area contributed by atoms with E-state index in [1.807, 2.05) is 5.32 Å². The Bertz CT molecular complexity index is 1080. The number of imidazole rings is 1. The maximum Gasteiger partial charge on any atom is 0.472 e. The summed E-state index contributed by atoms with van der Waals surface area (Å²) >= 11 is 0. The number of nitrogens with zero attached hydrogens (tertiary/aromatic N) is 1. The molecule has 11 nitrogen and oxygen atoms in total. The zero-order valence-corrected chi connectivity index (χ0v) is 37.6. The van der Waals surface area contributed by atoms with Gasteiger partial charge in [0.2, 0.25) is 0 Å². The second-order valence-electron chi connectivity index (χ2n) is 16.2. The quantitative estimate of drug-likeness (QED) is 0.0331. The van der Waals surface area contributed by atoms with Crippen molar-refractivity contribution in [1.82, 2.24) is 9.97 Å². The lowest BCUT2D eigenvalue weighted by molar-refractivity contribution is -0.671. The van der Waals surface area contributed by atoms with E-state index in [-0.39, 0.29) is 32.0 Å². The van der Waals surface area contributed by atoms with E-state index in [4.69, 9.17) is 18.5 Å². The molecule has 2 atom stereocenters. The van der Waals surface area contributed by atoms with Crippen LogP contribution in [-0.2, 0) is 39.2 Å². The summed E-state index contributed by atoms with van der Waals surface area (Å²) in [5, 5.41) is 1.91. The number of hydrogen-bond acceptors (Lipinski definition) is 8. The summed E-state index contributed by atoms with van der Waals surface area (Å²) in [6, 6.07) is 0. The number of phosphoric ester groups is 1. The zero-order chi connectivity index (χ0) is 41.3. The molecule has 0 aliphatic carbocycles. The summed E-state index contributed by atoms with van der Waals surface area (Å²) in [4.78, 5) is 42.5. The Kier molecular flexibility index (Phi) is 37.1. The van der Waals surface area contributed by atoms with Gasteiger partial charge in [-0.05, 0) is 12.8 Å². The van der Waals surface area contributed by atoms with Crippen LogP contribution in [-0.4, -0.2) is 59.3 Å². The number of carbonyl (C=O) groups is 2. The Hall–Kier alpha value is -1.78. The highest BCUT2D eigenvalue weighted by molar-refractivity contribution is 7.47. The van der Waals surface area contributed by atoms with Gasteiger partial charge in [-0.3, -0.25) is 18.6 Å². The lowest BCUT2D eigenvalue weighted by Crippen LogP contribution is -2.83. The summed E-state index contributed by atoms with van der Waals surface area (Å²) in [5.74, 6) is -0.803. The first-order valence-electron chi connectivity index (χ1n) is 23.6. The van der Waals surface area contributed by atoms with Crippen molar-refractivity contribution in [1.29, 1.82) is 0 Å². The number of aromatic nitrogens is 2. The maximum absolute atomic E-state index is 12.7. The summed E-state index contributed by atoms with van der Waals surface area (Å²) in [5.41, 5.74) is 0.932. The van der Waals surface area contributed by atoms with E-state index in [2.05, 4.69) is 23.8 Å². The first-order chi connectivity index (χ1) is 27.9. The number of nitrogens with two attached hydrogens (primary N) is 1. The Morgan fingerprint density at radius 2 is 1.05 bits per heavy atom. The highest BCUT2D eigenvalue weighted by Gasteiger charge is 2.26. The normalized spacial score (nSPS) is 13.1. The molecule has 57 heavy (non-hydrogen) atoms. The highest BCUT2D eigenvalue weighted by Crippen LogP contribution is 2.43. The van der Waals surface area contributed by atoms with Crippen LogP contribution in [0.5, 0.6) is 0 Å². The fourth-order valence-corrected chi connectivity index (χ4v) is 7.79. The summed E-state index contributed by atoms with van der Waals surface area (Å²) in [7, 11) is -4.41. The summed E-state index contributed by atoms with van der Waals surface area (Å²) < 4.78 is 33.9. The fourth-order valence-electron chi connectivity index (χ4n) is 7.02. The zero-order valence-electron chi connectivity index (χ0n) is 36.7. The topological polar surface area (TPSA) is 154 Å². The van der Waals surface area contributed by atoms with E-state index >= 15 is 0 Å². The number of unbranched alkanes of at least 4 members (excludes halogenated alkanes) is 28. The molecule has 0 saturated heterocycles. The van der Waals surface area contributed by atoms with Crippen molar-refractivity contribution >= 4 is 19.8 Å². The molecule has 334 valence electrons. The average molecular weight is 829 g/mol. The minimum absolute atomic E-state index is 0.0141. The van der Waals surface area contributed by atoms with Gasteiger partial charge >= 0.3 is 19.8 Å². The van der Waals surface area contributed by atoms with Crippen LogP contribution in [0.4, 0.5) is 0 Å². The number of rotatable bonds is 44. The number of aromatic amines is 1. The lowest BCUT2D eigenvalue weighted by atomic mass is 10.0. The molecule has 0 fully saturated rings. The van der Waals surface area contributed by atoms with E-state index < -0.39 is 26.5 Å². The number of esters is 2. The molecule has 1 aromatic heterocycles. The Labute approximate surface area is 348 Å². The van der Waals surface area contributed by atoms with Gasteiger partial charge in [0.15, 0.2) is 6.10 Å². The van der Waals surface area contributed by atoms with Crippen molar-refractivity contribution in [2.45, 2.75) is 232 Å². The highest BCUT2D eigenvalue weighted by atomic mass is 31.2. The van der Waals surface area contributed by atoms with E-state index in [9.17, 15) is 19.0 Å². The van der Waals surface area contributed by atoms with Crippen LogP contribution in [0.2, 0.25) is 0 Å². The maximum atomic E-state index is 12.7. The second kappa shape index (κ2) is 39.7. The van der Waals surface area contributed by atoms with Gasteiger partial charge < -0.3 is 24.7 Å². The van der Waals surface area contributed by atoms with Crippen LogP contribution < -0.4 is 5.32 Å². The molecule has 0 saturated carbocycles. The lowest BCUT2D eigenvalue weighted by Gasteiger charge is -2.20. The summed E-state index contributed by atoms with van der Waals surface area (Å²) in [6.07, 6.45) is 40.2. The number of carbonyl (C=O) groups excluding carboxylic acids is 2. The number of quaternary nitrogens is 1. The van der Waals surface area contributed by atoms with Crippen molar-refractivity contribution in [3.63, 3.8) is 0 Å². The van der Waals surface area contributed by atoms with Crippen LogP contribution in [0.25, 0.3) is 0 Å². The minimum Gasteiger partial charge on any atom is -0.462 e. The molecule has 12 heteroatoms. The Balaban J connectivity index is 2.28. The van der Waals surface area contributed by atoms with Crippen LogP contribution in [0.3, 0.4) is 0 Å². The van der Waals surface area contributed by atoms with Crippen molar-refractivity contribution in [2.75, 3.05) is 26.4 Å². The third-order valence-electron chi connectivity index (χ3n) is 10.6. The molecule has 0 amide bonds. The standard InChI is InChI=1S/C45H86N3O8P/c1-3-5-7-9-11-13-15-17-19-21-23-25-27-29-31-33-44(49)53-39-43(40-55-57(51,52)54-36-35-46-37-42-38-47-41-48-42)56-45(50)34-32-30-28-26-24-22-20-18-16-14-12-10-8-6-4-2/h38,41,43,46H,3-37,39-40H2,1-2H3,(H,47,48)(H,51,52)/p+1. The van der Waals surface area contributed by atoms with Gasteiger partial charge in [0.25, 0.3) is 0 Å². The molecule has 1 heterocycles. The average Bonchev–Trinajstić information content (AvgIpc) is 3.72. The largest absolute Gasteiger partial charge is 0.472 e. The number of ether oxygens (including phenoxy) is 2. The van der Waals surface area contributed by atoms with Crippen LogP contribution in [0, 0.1) is 0 Å². The molecule has 1 rings (SSSR count). The second-order valence-corrected chi connectivity index (χ2v) is 17.6. The monoisotopic (exact) mass is 829 g/mol. The predicted molar refractivity (Wildman–Crippen MR) is 231 cm³/mol. The van der Waals surface area contributed by atoms with Crippen LogP contribution in [0.1, 0.15) is 225 Å². The minimum atomic E-state index is -4.41. The molecule has 1 aromatic rings. The van der Waals surface area contributed by atoms with E-state index in [0.29, 0.717) is 19.5 Å². The molecule has 2 unspecified atom stereocenters. The smallest absolute Gasteiger partial charge is 0.462 e. The molecule has 0 aliphatic heterocycles. The Morgan fingerprint density at radius 3 is 1.47 bits per heavy atom. The molecule has 0 aromatic carbocycles. The van der Waals surface area contributed by atoms with E-state index in [1.165, 1.54) is 154 Å². The van der Waals surface area contributed by atoms with Crippen molar-refractivity contribution in [2.24, 2.45) is 0 Å². The van der Waals surface area contributed by atoms with Crippen molar-refractivity contribution < 1.29 is 42.9 Å². The number of hydrogen-bond donors (Lipinski definition) is 3. The molecule has 0 radical (unpaired) electrons. The van der Waals surface area contributed by atoms with Gasteiger partial charge in [-0.25, -0.2) is 9.55 Å². The van der Waals surface area contributed by atoms with Gasteiger partial charge in [0, 0.05) is 12.8 Å². The van der Waals surface area contributed by atoms with Gasteiger partial charge in [-0.1, -0.05) is 194 Å². The van der Waals surface area contributed by atoms with Crippen LogP contribution in [0.15, 0.2) is 12.5 Å². The number of nitrogens with one attached hydrogen (secondary N) is 1. The van der Waals surface area contributed by atoms with Gasteiger partial charge in [0.05, 0.1) is 24.8 Å². The third-order valence-corrected chi connectivity index (χ3v) is 11.6. The first-order valence-corrected chi connectivity index (χ1v) is 25.1. The van der Waals surface area contributed by atoms with Crippen molar-refractivity contribution in [3.8, 4) is 0 Å². The van der Waals surface area contributed by atoms with Gasteiger partial charge in [0.1, 0.15) is 26.3 Å². The molecule has 0 spiro atoms. The predicted octanol–water partition coefficient (Wildman–Crippen LogP) is 11.6. The molecular formula is C45H87N3O8P+. The number of H-pyrrole nitrogens is 1. The third kappa shape index (κ3) is 37.0.